The summed E-state index contributed by atoms with van der Waals surface area (Å²) < 4.78 is 0. The lowest BCUT2D eigenvalue weighted by Crippen LogP contribution is -2.30. The number of hydrogen-bond acceptors (Lipinski definition) is 5. The molecule has 0 unspecified atom stereocenters. The third-order valence-corrected chi connectivity index (χ3v) is 3.92. The molecule has 0 aromatic heterocycles. The van der Waals surface area contributed by atoms with Crippen LogP contribution in [-0.2, 0) is 6.54 Å². The third kappa shape index (κ3) is 5.04. The van der Waals surface area contributed by atoms with Crippen molar-refractivity contribution in [2.75, 3.05) is 11.9 Å². The first kappa shape index (κ1) is 19.9. The minimum atomic E-state index is -0.513. The van der Waals surface area contributed by atoms with Crippen LogP contribution in [0.15, 0.2) is 42.5 Å². The predicted octanol–water partition coefficient (Wildman–Crippen LogP) is 2.47. The zero-order valence-corrected chi connectivity index (χ0v) is 15.4. The van der Waals surface area contributed by atoms with Gasteiger partial charge in [-0.3, -0.25) is 19.7 Å². The van der Waals surface area contributed by atoms with Gasteiger partial charge < -0.3 is 16.0 Å². The molecule has 0 radical (unpaired) electrons. The minimum Gasteiger partial charge on any atom is -0.366 e. The van der Waals surface area contributed by atoms with Crippen molar-refractivity contribution in [1.82, 2.24) is 5.32 Å². The van der Waals surface area contributed by atoms with Gasteiger partial charge in [0.15, 0.2) is 0 Å². The van der Waals surface area contributed by atoms with Crippen LogP contribution in [0, 0.1) is 10.1 Å². The highest BCUT2D eigenvalue weighted by atomic mass is 16.6. The quantitative estimate of drug-likeness (QED) is 0.573. The van der Waals surface area contributed by atoms with Gasteiger partial charge in [0.05, 0.1) is 4.92 Å². The molecule has 0 atom stereocenters. The summed E-state index contributed by atoms with van der Waals surface area (Å²) in [6.45, 7) is 4.02. The molecule has 8 heteroatoms. The van der Waals surface area contributed by atoms with Gasteiger partial charge in [0, 0.05) is 36.8 Å². The summed E-state index contributed by atoms with van der Waals surface area (Å²) in [5, 5.41) is 14.2. The van der Waals surface area contributed by atoms with E-state index >= 15 is 0 Å². The van der Waals surface area contributed by atoms with E-state index in [0.29, 0.717) is 17.8 Å². The maximum absolute atomic E-state index is 12.1. The van der Waals surface area contributed by atoms with Crippen molar-refractivity contribution in [3.8, 4) is 0 Å². The number of hydrogen-bond donors (Lipinski definition) is 2. The molecule has 0 fully saturated rings. The molecule has 0 aliphatic carbocycles. The van der Waals surface area contributed by atoms with Crippen molar-refractivity contribution >= 4 is 23.2 Å². The van der Waals surface area contributed by atoms with Gasteiger partial charge in [-0.15, -0.1) is 0 Å². The number of rotatable bonds is 7. The topological polar surface area (TPSA) is 119 Å². The number of anilines is 1. The second kappa shape index (κ2) is 8.31. The van der Waals surface area contributed by atoms with E-state index in [4.69, 9.17) is 5.73 Å². The van der Waals surface area contributed by atoms with Crippen LogP contribution in [0.2, 0.25) is 0 Å². The molecule has 0 saturated heterocycles. The fourth-order valence-corrected chi connectivity index (χ4v) is 2.61. The van der Waals surface area contributed by atoms with Crippen molar-refractivity contribution in [2.24, 2.45) is 5.73 Å². The van der Waals surface area contributed by atoms with Crippen LogP contribution in [0.5, 0.6) is 0 Å². The number of benzene rings is 2. The van der Waals surface area contributed by atoms with Crippen molar-refractivity contribution in [3.05, 3.63) is 69.3 Å². The van der Waals surface area contributed by atoms with Crippen LogP contribution < -0.4 is 16.0 Å². The van der Waals surface area contributed by atoms with Crippen LogP contribution in [0.4, 0.5) is 11.4 Å². The van der Waals surface area contributed by atoms with Gasteiger partial charge in [-0.05, 0) is 43.7 Å². The lowest BCUT2D eigenvalue weighted by molar-refractivity contribution is -0.384. The fourth-order valence-electron chi connectivity index (χ4n) is 2.61. The Hall–Kier alpha value is -3.42. The Labute approximate surface area is 157 Å². The average molecular weight is 370 g/mol. The van der Waals surface area contributed by atoms with Gasteiger partial charge in [-0.1, -0.05) is 12.1 Å². The number of nitro benzene ring substituents is 1. The van der Waals surface area contributed by atoms with Crippen LogP contribution in [-0.4, -0.2) is 29.8 Å². The lowest BCUT2D eigenvalue weighted by Gasteiger charge is -2.20. The van der Waals surface area contributed by atoms with Crippen LogP contribution in [0.3, 0.4) is 0 Å². The smallest absolute Gasteiger partial charge is 0.293 e. The molecule has 0 aliphatic heterocycles. The maximum Gasteiger partial charge on any atom is 0.293 e. The summed E-state index contributed by atoms with van der Waals surface area (Å²) in [4.78, 5) is 35.9. The minimum absolute atomic E-state index is 0.0673. The summed E-state index contributed by atoms with van der Waals surface area (Å²) in [6.07, 6.45) is 0. The van der Waals surface area contributed by atoms with E-state index < -0.39 is 10.8 Å². The Bertz CT molecular complexity index is 863. The second-order valence-corrected chi connectivity index (χ2v) is 6.51. The van der Waals surface area contributed by atoms with E-state index in [0.717, 1.165) is 5.56 Å². The van der Waals surface area contributed by atoms with Crippen molar-refractivity contribution < 1.29 is 14.5 Å². The number of nitro groups is 1. The monoisotopic (exact) mass is 370 g/mol. The van der Waals surface area contributed by atoms with E-state index in [9.17, 15) is 19.7 Å². The molecule has 0 saturated carbocycles. The summed E-state index contributed by atoms with van der Waals surface area (Å²) in [7, 11) is 1.72. The molecule has 0 spiro atoms. The summed E-state index contributed by atoms with van der Waals surface area (Å²) >= 11 is 0. The molecule has 8 nitrogen and oxygen atoms in total. The summed E-state index contributed by atoms with van der Waals surface area (Å²) in [5.74, 6) is -0.870. The van der Waals surface area contributed by atoms with Crippen LogP contribution in [0.25, 0.3) is 0 Å². The molecule has 0 aliphatic rings. The van der Waals surface area contributed by atoms with Gasteiger partial charge in [-0.25, -0.2) is 0 Å². The number of primary amides is 1. The molecule has 2 amide bonds. The largest absolute Gasteiger partial charge is 0.366 e. The van der Waals surface area contributed by atoms with Crippen molar-refractivity contribution in [3.63, 3.8) is 0 Å². The molecule has 27 heavy (non-hydrogen) atoms. The number of nitrogens with two attached hydrogens (primary N) is 1. The summed E-state index contributed by atoms with van der Waals surface area (Å²) in [6, 6.07) is 11.0. The Morgan fingerprint density at radius 3 is 2.26 bits per heavy atom. The fraction of sp³-hybridized carbons (Fsp3) is 0.263. The van der Waals surface area contributed by atoms with Gasteiger partial charge >= 0.3 is 0 Å². The van der Waals surface area contributed by atoms with E-state index in [1.807, 2.05) is 13.8 Å². The highest BCUT2D eigenvalue weighted by molar-refractivity contribution is 5.96. The molecule has 0 bridgehead atoms. The molecule has 0 heterocycles. The van der Waals surface area contributed by atoms with Crippen LogP contribution in [0.1, 0.15) is 40.1 Å². The average Bonchev–Trinajstić information content (AvgIpc) is 2.60. The molecule has 2 rings (SSSR count). The van der Waals surface area contributed by atoms with E-state index in [-0.39, 0.29) is 23.2 Å². The number of nitrogens with one attached hydrogen (secondary N) is 1. The first-order chi connectivity index (χ1) is 12.7. The molecule has 2 aromatic carbocycles. The van der Waals surface area contributed by atoms with E-state index in [1.54, 1.807) is 48.3 Å². The van der Waals surface area contributed by atoms with E-state index in [1.165, 1.54) is 6.07 Å². The first-order valence-electron chi connectivity index (χ1n) is 8.38. The number of carbonyl (C=O) groups excluding carboxylic acids is 2. The van der Waals surface area contributed by atoms with Crippen LogP contribution >= 0.6 is 0 Å². The molecular weight excluding hydrogens is 348 g/mol. The Morgan fingerprint density at radius 1 is 1.15 bits per heavy atom. The lowest BCUT2D eigenvalue weighted by atomic mass is 10.1. The predicted molar refractivity (Wildman–Crippen MR) is 103 cm³/mol. The normalized spacial score (nSPS) is 10.5. The number of amides is 2. The van der Waals surface area contributed by atoms with E-state index in [2.05, 4.69) is 5.32 Å². The second-order valence-electron chi connectivity index (χ2n) is 6.51. The highest BCUT2D eigenvalue weighted by Crippen LogP contribution is 2.29. The Balaban J connectivity index is 2.26. The van der Waals surface area contributed by atoms with Crippen molar-refractivity contribution in [2.45, 2.75) is 26.4 Å². The zero-order valence-electron chi connectivity index (χ0n) is 15.4. The zero-order chi connectivity index (χ0) is 20.1. The molecule has 142 valence electrons. The standard InChI is InChI=1S/C19H22N4O4/c1-12(2)21-19(25)15-8-9-16(17(10-15)23(26)27)22(3)11-13-4-6-14(7-5-13)18(20)24/h4-10,12H,11H2,1-3H3,(H2,20,24)(H,21,25). The first-order valence-corrected chi connectivity index (χ1v) is 8.38. The van der Waals surface area contributed by atoms with Gasteiger partial charge in [0.1, 0.15) is 5.69 Å². The van der Waals surface area contributed by atoms with Crippen molar-refractivity contribution in [1.29, 1.82) is 0 Å². The Morgan fingerprint density at radius 2 is 1.74 bits per heavy atom. The summed E-state index contributed by atoms with van der Waals surface area (Å²) in [5.41, 5.74) is 6.95. The molecular formula is C19H22N4O4. The maximum atomic E-state index is 12.1. The Kier molecular flexibility index (Phi) is 6.12. The highest BCUT2D eigenvalue weighted by Gasteiger charge is 2.20. The SMILES string of the molecule is CC(C)NC(=O)c1ccc(N(C)Cc2ccc(C(N)=O)cc2)c([N+](=O)[O-])c1. The van der Waals surface area contributed by atoms with Gasteiger partial charge in [0.2, 0.25) is 5.91 Å². The molecule has 2 aromatic rings. The third-order valence-electron chi connectivity index (χ3n) is 3.92. The number of nitrogens with zero attached hydrogens (tertiary/aromatic N) is 2. The molecule has 3 N–H and O–H groups in total. The van der Waals surface area contributed by atoms with Gasteiger partial charge in [-0.2, -0.15) is 0 Å². The number of carbonyl (C=O) groups is 2. The van der Waals surface area contributed by atoms with Gasteiger partial charge in [0.25, 0.3) is 11.6 Å².